The quantitative estimate of drug-likeness (QED) is 0.613. The maximum Gasteiger partial charge on any atom is 0.332 e. The Bertz CT molecular complexity index is 1220. The van der Waals surface area contributed by atoms with Crippen LogP contribution >= 0.6 is 23.2 Å². The number of rotatable bonds is 4. The highest BCUT2D eigenvalue weighted by molar-refractivity contribution is 6.35. The topological polar surface area (TPSA) is 65.1 Å². The summed E-state index contributed by atoms with van der Waals surface area (Å²) in [4.78, 5) is 32.5. The van der Waals surface area contributed by atoms with Gasteiger partial charge in [-0.3, -0.25) is 18.8 Å². The molecule has 9 heteroatoms. The summed E-state index contributed by atoms with van der Waals surface area (Å²) in [6, 6.07) is 5.33. The third-order valence-electron chi connectivity index (χ3n) is 6.01. The largest absolute Gasteiger partial charge is 0.332 e. The molecule has 0 spiro atoms. The van der Waals surface area contributed by atoms with Gasteiger partial charge in [-0.05, 0) is 49.5 Å². The number of halogens is 2. The number of aryl methyl sites for hydroxylation is 1. The zero-order chi connectivity index (χ0) is 21.6. The molecule has 1 aliphatic heterocycles. The Hall–Kier alpha value is -2.09. The molecule has 160 valence electrons. The van der Waals surface area contributed by atoms with E-state index < -0.39 is 0 Å². The van der Waals surface area contributed by atoms with Crippen LogP contribution in [-0.2, 0) is 27.2 Å². The van der Waals surface area contributed by atoms with E-state index in [0.717, 1.165) is 47.8 Å². The van der Waals surface area contributed by atoms with Crippen molar-refractivity contribution < 1.29 is 0 Å². The van der Waals surface area contributed by atoms with Gasteiger partial charge in [0.25, 0.3) is 5.56 Å². The Morgan fingerprint density at radius 1 is 1.07 bits per heavy atom. The number of fused-ring (bicyclic) bond motifs is 1. The van der Waals surface area contributed by atoms with Crippen LogP contribution in [0.2, 0.25) is 10.0 Å². The summed E-state index contributed by atoms with van der Waals surface area (Å²) in [7, 11) is 3.13. The Balaban J connectivity index is 1.86. The van der Waals surface area contributed by atoms with Gasteiger partial charge in [-0.1, -0.05) is 36.2 Å². The van der Waals surface area contributed by atoms with E-state index in [1.807, 2.05) is 10.6 Å². The van der Waals surface area contributed by atoms with E-state index in [0.29, 0.717) is 34.3 Å². The average Bonchev–Trinajstić information content (AvgIpc) is 3.06. The van der Waals surface area contributed by atoms with E-state index in [4.69, 9.17) is 28.2 Å². The lowest BCUT2D eigenvalue weighted by atomic mass is 9.99. The van der Waals surface area contributed by atoms with Crippen LogP contribution < -0.4 is 11.2 Å². The molecule has 0 radical (unpaired) electrons. The van der Waals surface area contributed by atoms with Crippen LogP contribution in [0.4, 0.5) is 0 Å². The highest BCUT2D eigenvalue weighted by Gasteiger charge is 2.23. The molecular weight excluding hydrogens is 425 g/mol. The molecule has 7 nitrogen and oxygen atoms in total. The minimum absolute atomic E-state index is 0.357. The van der Waals surface area contributed by atoms with Gasteiger partial charge in [0.05, 0.1) is 13.1 Å². The molecule has 0 amide bonds. The fraction of sp³-hybridized carbons (Fsp3) is 0.476. The van der Waals surface area contributed by atoms with E-state index in [2.05, 4.69) is 11.8 Å². The molecule has 1 aromatic carbocycles. The lowest BCUT2D eigenvalue weighted by molar-refractivity contribution is 0.180. The van der Waals surface area contributed by atoms with Gasteiger partial charge in [-0.15, -0.1) is 0 Å². The Morgan fingerprint density at radius 3 is 2.43 bits per heavy atom. The van der Waals surface area contributed by atoms with Gasteiger partial charge in [-0.25, -0.2) is 9.78 Å². The highest BCUT2D eigenvalue weighted by atomic mass is 35.5. The Morgan fingerprint density at radius 2 is 1.77 bits per heavy atom. The van der Waals surface area contributed by atoms with Crippen molar-refractivity contribution in [2.45, 2.75) is 32.9 Å². The van der Waals surface area contributed by atoms with Crippen LogP contribution in [0.1, 0.15) is 31.2 Å². The standard InChI is InChI=1S/C21H25Cl2N5O2/c1-13-6-8-27(9-7-13)12-17-24-19-18(20(29)26(3)21(30)25(19)2)28(17)11-14-4-5-15(22)10-16(14)23/h4-5,10,13H,6-9,11-12H2,1-3H3. The van der Waals surface area contributed by atoms with Crippen LogP contribution in [0.15, 0.2) is 27.8 Å². The summed E-state index contributed by atoms with van der Waals surface area (Å²) in [5.41, 5.74) is 0.897. The Kier molecular flexibility index (Phi) is 5.79. The molecule has 30 heavy (non-hydrogen) atoms. The minimum Gasteiger partial charge on any atom is -0.316 e. The maximum absolute atomic E-state index is 13.0. The van der Waals surface area contributed by atoms with Gasteiger partial charge in [0.2, 0.25) is 0 Å². The molecule has 0 N–H and O–H groups in total. The average molecular weight is 450 g/mol. The maximum atomic E-state index is 13.0. The van der Waals surface area contributed by atoms with Crippen molar-refractivity contribution in [3.63, 3.8) is 0 Å². The molecular formula is C21H25Cl2N5O2. The molecule has 2 aromatic heterocycles. The van der Waals surface area contributed by atoms with Gasteiger partial charge in [0.1, 0.15) is 5.82 Å². The predicted octanol–water partition coefficient (Wildman–Crippen LogP) is 3.02. The second-order valence-electron chi connectivity index (χ2n) is 8.19. The third-order valence-corrected chi connectivity index (χ3v) is 6.60. The number of hydrogen-bond donors (Lipinski definition) is 0. The number of aromatic nitrogens is 4. The van der Waals surface area contributed by atoms with E-state index >= 15 is 0 Å². The summed E-state index contributed by atoms with van der Waals surface area (Å²) >= 11 is 12.5. The van der Waals surface area contributed by atoms with Gasteiger partial charge >= 0.3 is 5.69 Å². The zero-order valence-corrected chi connectivity index (χ0v) is 18.9. The van der Waals surface area contributed by atoms with Crippen LogP contribution in [0.3, 0.4) is 0 Å². The molecule has 0 saturated carbocycles. The number of hydrogen-bond acceptors (Lipinski definition) is 4. The molecule has 0 unspecified atom stereocenters. The second kappa shape index (κ2) is 8.21. The molecule has 0 bridgehead atoms. The first-order valence-corrected chi connectivity index (χ1v) is 10.8. The fourth-order valence-corrected chi connectivity index (χ4v) is 4.49. The molecule has 3 heterocycles. The molecule has 0 atom stereocenters. The van der Waals surface area contributed by atoms with Crippen LogP contribution in [0.5, 0.6) is 0 Å². The van der Waals surface area contributed by atoms with Crippen LogP contribution in [0.25, 0.3) is 11.2 Å². The normalized spacial score (nSPS) is 15.9. The van der Waals surface area contributed by atoms with Crippen LogP contribution in [0, 0.1) is 5.92 Å². The van der Waals surface area contributed by atoms with Crippen LogP contribution in [-0.4, -0.2) is 36.7 Å². The molecule has 1 fully saturated rings. The number of benzene rings is 1. The summed E-state index contributed by atoms with van der Waals surface area (Å²) in [6.07, 6.45) is 2.28. The van der Waals surface area contributed by atoms with Gasteiger partial charge in [-0.2, -0.15) is 0 Å². The van der Waals surface area contributed by atoms with Crippen molar-refractivity contribution in [3.8, 4) is 0 Å². The zero-order valence-electron chi connectivity index (χ0n) is 17.4. The summed E-state index contributed by atoms with van der Waals surface area (Å²) < 4.78 is 4.44. The fourth-order valence-electron chi connectivity index (χ4n) is 4.02. The lowest BCUT2D eigenvalue weighted by Crippen LogP contribution is -2.37. The van der Waals surface area contributed by atoms with E-state index in [9.17, 15) is 9.59 Å². The van der Waals surface area contributed by atoms with Gasteiger partial charge in [0, 0.05) is 24.1 Å². The van der Waals surface area contributed by atoms with Crippen molar-refractivity contribution in [2.75, 3.05) is 13.1 Å². The first-order chi connectivity index (χ1) is 14.3. The SMILES string of the molecule is CC1CCN(Cc2nc3c(c(=O)n(C)c(=O)n3C)n2Cc2ccc(Cl)cc2Cl)CC1. The number of likely N-dealkylation sites (tertiary alicyclic amines) is 1. The minimum atomic E-state index is -0.389. The predicted molar refractivity (Wildman–Crippen MR) is 119 cm³/mol. The highest BCUT2D eigenvalue weighted by Crippen LogP contribution is 2.25. The molecule has 1 saturated heterocycles. The summed E-state index contributed by atoms with van der Waals surface area (Å²) in [5.74, 6) is 1.48. The van der Waals surface area contributed by atoms with Gasteiger partial charge in [0.15, 0.2) is 11.2 Å². The van der Waals surface area contributed by atoms with Crippen molar-refractivity contribution >= 4 is 34.4 Å². The lowest BCUT2D eigenvalue weighted by Gasteiger charge is -2.29. The molecule has 4 rings (SSSR count). The Labute approximate surface area is 184 Å². The third kappa shape index (κ3) is 3.82. The molecule has 1 aliphatic rings. The van der Waals surface area contributed by atoms with Crippen molar-refractivity contribution in [1.82, 2.24) is 23.6 Å². The van der Waals surface area contributed by atoms with E-state index in [-0.39, 0.29) is 11.2 Å². The van der Waals surface area contributed by atoms with E-state index in [1.54, 1.807) is 19.2 Å². The molecule has 0 aliphatic carbocycles. The summed E-state index contributed by atoms with van der Waals surface area (Å²) in [5, 5.41) is 1.09. The summed E-state index contributed by atoms with van der Waals surface area (Å²) in [6.45, 7) is 5.24. The number of imidazole rings is 1. The number of nitrogens with zero attached hydrogens (tertiary/aromatic N) is 5. The monoisotopic (exact) mass is 449 g/mol. The molecule has 3 aromatic rings. The second-order valence-corrected chi connectivity index (χ2v) is 9.03. The smallest absolute Gasteiger partial charge is 0.316 e. The number of piperidine rings is 1. The van der Waals surface area contributed by atoms with E-state index in [1.165, 1.54) is 11.6 Å². The first-order valence-electron chi connectivity index (χ1n) is 10.1. The van der Waals surface area contributed by atoms with Crippen molar-refractivity contribution in [1.29, 1.82) is 0 Å². The van der Waals surface area contributed by atoms with Crippen molar-refractivity contribution in [2.24, 2.45) is 20.0 Å². The van der Waals surface area contributed by atoms with Gasteiger partial charge < -0.3 is 4.57 Å². The first kappa shape index (κ1) is 21.2. The van der Waals surface area contributed by atoms with Crippen molar-refractivity contribution in [3.05, 3.63) is 60.5 Å².